The number of rotatable bonds is 21. The summed E-state index contributed by atoms with van der Waals surface area (Å²) in [4.78, 5) is 26.4. The largest absolute Gasteiger partial charge is 0.465 e. The second kappa shape index (κ2) is 22.5. The van der Waals surface area contributed by atoms with Gasteiger partial charge >= 0.3 is 11.9 Å². The highest BCUT2D eigenvalue weighted by atomic mass is 16.6. The van der Waals surface area contributed by atoms with Crippen molar-refractivity contribution in [2.45, 2.75) is 90.1 Å². The lowest BCUT2D eigenvalue weighted by molar-refractivity contribution is -0.165. The normalized spacial score (nSPS) is 17.6. The summed E-state index contributed by atoms with van der Waals surface area (Å²) in [6, 6.07) is 0. The van der Waals surface area contributed by atoms with E-state index < -0.39 is 6.10 Å². The molecule has 2 atom stereocenters. The van der Waals surface area contributed by atoms with Gasteiger partial charge in [-0.25, -0.2) is 4.79 Å². The molecule has 0 radical (unpaired) electrons. The minimum absolute atomic E-state index is 0.146. The van der Waals surface area contributed by atoms with E-state index in [1.807, 2.05) is 11.9 Å². The van der Waals surface area contributed by atoms with E-state index in [0.29, 0.717) is 26.2 Å². The Kier molecular flexibility index (Phi) is 20.2. The average Bonchev–Trinajstić information content (AvgIpc) is 2.87. The number of esters is 2. The van der Waals surface area contributed by atoms with Crippen molar-refractivity contribution in [1.29, 1.82) is 0 Å². The predicted octanol–water partition coefficient (Wildman–Crippen LogP) is 5.48. The van der Waals surface area contributed by atoms with Gasteiger partial charge in [0.2, 0.25) is 0 Å². The molecule has 0 aromatic carbocycles. The summed E-state index contributed by atoms with van der Waals surface area (Å²) < 4.78 is 21.5. The number of hydrogen-bond acceptors (Lipinski definition) is 7. The van der Waals surface area contributed by atoms with E-state index in [-0.39, 0.29) is 31.1 Å². The summed E-state index contributed by atoms with van der Waals surface area (Å²) >= 11 is 0. The minimum atomic E-state index is -0.562. The first kappa shape index (κ1) is 32.3. The highest BCUT2D eigenvalue weighted by Crippen LogP contribution is 2.11. The fraction of sp³-hybridized carbons (Fsp3) is 0.793. The van der Waals surface area contributed by atoms with Crippen molar-refractivity contribution >= 4 is 11.9 Å². The Hall–Kier alpha value is -1.70. The van der Waals surface area contributed by atoms with Crippen LogP contribution in [-0.4, -0.2) is 76.6 Å². The molecule has 2 unspecified atom stereocenters. The Bertz CT molecular complexity index is 621. The SMILES string of the molecule is CCCCC/C=C\C/C=C\CCCCCCCC(=O)OCC(COC)COC(=O)C1CN(C)CCO1. The molecule has 1 heterocycles. The third-order valence-corrected chi connectivity index (χ3v) is 6.21. The van der Waals surface area contributed by atoms with Gasteiger partial charge in [-0.15, -0.1) is 0 Å². The second-order valence-electron chi connectivity index (χ2n) is 9.74. The van der Waals surface area contributed by atoms with Crippen LogP contribution in [0.1, 0.15) is 84.0 Å². The number of likely N-dealkylation sites (N-methyl/N-ethyl adjacent to an activating group) is 1. The van der Waals surface area contributed by atoms with Crippen molar-refractivity contribution in [1.82, 2.24) is 4.90 Å². The molecule has 0 bridgehead atoms. The maximum atomic E-state index is 12.2. The molecular formula is C29H51NO6. The summed E-state index contributed by atoms with van der Waals surface area (Å²) in [6.45, 7) is 4.77. The first-order valence-corrected chi connectivity index (χ1v) is 14.0. The molecule has 0 amide bonds. The van der Waals surface area contributed by atoms with Crippen LogP contribution in [0.3, 0.4) is 0 Å². The summed E-state index contributed by atoms with van der Waals surface area (Å²) in [5.41, 5.74) is 0. The topological polar surface area (TPSA) is 74.3 Å². The highest BCUT2D eigenvalue weighted by Gasteiger charge is 2.27. The molecule has 0 N–H and O–H groups in total. The molecule has 1 saturated heterocycles. The van der Waals surface area contributed by atoms with Gasteiger partial charge in [-0.3, -0.25) is 4.79 Å². The Labute approximate surface area is 219 Å². The maximum Gasteiger partial charge on any atom is 0.336 e. The third kappa shape index (κ3) is 17.7. The molecule has 1 aliphatic rings. The zero-order valence-corrected chi connectivity index (χ0v) is 23.1. The van der Waals surface area contributed by atoms with Crippen LogP contribution < -0.4 is 0 Å². The quantitative estimate of drug-likeness (QED) is 0.115. The summed E-state index contributed by atoms with van der Waals surface area (Å²) in [5.74, 6) is -0.765. The Balaban J connectivity index is 2.03. The third-order valence-electron chi connectivity index (χ3n) is 6.21. The van der Waals surface area contributed by atoms with E-state index in [1.54, 1.807) is 7.11 Å². The molecule has 0 aliphatic carbocycles. The Morgan fingerprint density at radius 3 is 2.28 bits per heavy atom. The fourth-order valence-electron chi connectivity index (χ4n) is 3.96. The number of unbranched alkanes of at least 4 members (excludes halogenated alkanes) is 8. The molecule has 1 aliphatic heterocycles. The molecule has 7 nitrogen and oxygen atoms in total. The van der Waals surface area contributed by atoms with Gasteiger partial charge < -0.3 is 23.8 Å². The van der Waals surface area contributed by atoms with Gasteiger partial charge in [-0.05, 0) is 45.6 Å². The van der Waals surface area contributed by atoms with Crippen molar-refractivity contribution in [2.75, 3.05) is 53.7 Å². The Morgan fingerprint density at radius 2 is 1.58 bits per heavy atom. The first-order chi connectivity index (χ1) is 17.6. The fourth-order valence-corrected chi connectivity index (χ4v) is 3.96. The number of allylic oxidation sites excluding steroid dienone is 4. The van der Waals surface area contributed by atoms with E-state index in [2.05, 4.69) is 31.2 Å². The van der Waals surface area contributed by atoms with Gasteiger partial charge in [0.15, 0.2) is 6.10 Å². The second-order valence-corrected chi connectivity index (χ2v) is 9.74. The molecule has 1 rings (SSSR count). The smallest absolute Gasteiger partial charge is 0.336 e. The van der Waals surface area contributed by atoms with Crippen LogP contribution in [0.5, 0.6) is 0 Å². The molecule has 7 heteroatoms. The van der Waals surface area contributed by atoms with Gasteiger partial charge in [0.25, 0.3) is 0 Å². The molecular weight excluding hydrogens is 458 g/mol. The van der Waals surface area contributed by atoms with Crippen LogP contribution in [0.15, 0.2) is 24.3 Å². The van der Waals surface area contributed by atoms with E-state index in [1.165, 1.54) is 38.5 Å². The number of nitrogens with zero attached hydrogens (tertiary/aromatic N) is 1. The standard InChI is InChI=1S/C29H51NO6/c1-4-5-6-7-8-9-10-11-12-13-14-15-16-17-18-19-28(31)35-24-26(23-33-3)25-36-29(32)27-22-30(2)20-21-34-27/h8-9,11-12,26-27H,4-7,10,13-25H2,1-3H3/b9-8-,12-11-. The van der Waals surface area contributed by atoms with Gasteiger partial charge in [-0.1, -0.05) is 63.3 Å². The maximum absolute atomic E-state index is 12.2. The van der Waals surface area contributed by atoms with Crippen molar-refractivity contribution < 1.29 is 28.5 Å². The van der Waals surface area contributed by atoms with Crippen LogP contribution in [0.25, 0.3) is 0 Å². The average molecular weight is 510 g/mol. The van der Waals surface area contributed by atoms with E-state index in [4.69, 9.17) is 18.9 Å². The zero-order chi connectivity index (χ0) is 26.3. The summed E-state index contributed by atoms with van der Waals surface area (Å²) in [7, 11) is 3.53. The molecule has 36 heavy (non-hydrogen) atoms. The molecule has 0 saturated carbocycles. The lowest BCUT2D eigenvalue weighted by Gasteiger charge is -2.28. The van der Waals surface area contributed by atoms with Crippen LogP contribution in [0.2, 0.25) is 0 Å². The monoisotopic (exact) mass is 509 g/mol. The molecule has 208 valence electrons. The van der Waals surface area contributed by atoms with E-state index >= 15 is 0 Å². The van der Waals surface area contributed by atoms with Crippen molar-refractivity contribution in [3.8, 4) is 0 Å². The van der Waals surface area contributed by atoms with E-state index in [0.717, 1.165) is 38.6 Å². The number of carbonyl (C=O) groups is 2. The van der Waals surface area contributed by atoms with Crippen LogP contribution in [0, 0.1) is 5.92 Å². The number of methoxy groups -OCH3 is 1. The summed E-state index contributed by atoms with van der Waals surface area (Å²) in [5, 5.41) is 0. The molecule has 1 fully saturated rings. The minimum Gasteiger partial charge on any atom is -0.465 e. The Morgan fingerprint density at radius 1 is 0.917 bits per heavy atom. The number of hydrogen-bond donors (Lipinski definition) is 0. The lowest BCUT2D eigenvalue weighted by Crippen LogP contribution is -2.45. The van der Waals surface area contributed by atoms with Gasteiger partial charge in [0.05, 0.1) is 32.3 Å². The zero-order valence-electron chi connectivity index (χ0n) is 23.1. The first-order valence-electron chi connectivity index (χ1n) is 14.0. The number of morpholine rings is 1. The van der Waals surface area contributed by atoms with E-state index in [9.17, 15) is 9.59 Å². The molecule has 0 aromatic rings. The van der Waals surface area contributed by atoms with Crippen molar-refractivity contribution in [2.24, 2.45) is 5.92 Å². The van der Waals surface area contributed by atoms with Crippen molar-refractivity contribution in [3.05, 3.63) is 24.3 Å². The van der Waals surface area contributed by atoms with Crippen LogP contribution >= 0.6 is 0 Å². The van der Waals surface area contributed by atoms with Crippen LogP contribution in [0.4, 0.5) is 0 Å². The molecule has 0 spiro atoms. The predicted molar refractivity (Wildman–Crippen MR) is 144 cm³/mol. The van der Waals surface area contributed by atoms with Gasteiger partial charge in [0.1, 0.15) is 0 Å². The lowest BCUT2D eigenvalue weighted by atomic mass is 10.1. The number of carbonyl (C=O) groups excluding carboxylic acids is 2. The summed E-state index contributed by atoms with van der Waals surface area (Å²) in [6.07, 6.45) is 21.6. The van der Waals surface area contributed by atoms with Gasteiger partial charge in [-0.2, -0.15) is 0 Å². The van der Waals surface area contributed by atoms with Crippen molar-refractivity contribution in [3.63, 3.8) is 0 Å². The molecule has 0 aromatic heterocycles. The van der Waals surface area contributed by atoms with Crippen LogP contribution in [-0.2, 0) is 28.5 Å². The highest BCUT2D eigenvalue weighted by molar-refractivity contribution is 5.75. The van der Waals surface area contributed by atoms with Gasteiger partial charge in [0, 0.05) is 26.6 Å². The number of ether oxygens (including phenoxy) is 4.